The Kier molecular flexibility index (Phi) is 3.53. The zero-order valence-electron chi connectivity index (χ0n) is 11.6. The molecule has 0 saturated heterocycles. The van der Waals surface area contributed by atoms with E-state index in [0.29, 0.717) is 0 Å². The van der Waals surface area contributed by atoms with Crippen LogP contribution >= 0.6 is 11.6 Å². The van der Waals surface area contributed by atoms with Crippen LogP contribution in [0.4, 0.5) is 8.78 Å². The van der Waals surface area contributed by atoms with Crippen LogP contribution in [0, 0.1) is 16.7 Å². The van der Waals surface area contributed by atoms with Crippen molar-refractivity contribution in [2.45, 2.75) is 20.0 Å². The highest BCUT2D eigenvalue weighted by Gasteiger charge is 2.83. The lowest BCUT2D eigenvalue weighted by Gasteiger charge is -2.20. The van der Waals surface area contributed by atoms with Crippen LogP contribution in [0.3, 0.4) is 0 Å². The lowest BCUT2D eigenvalue weighted by Crippen LogP contribution is -2.32. The molecule has 114 valence electrons. The van der Waals surface area contributed by atoms with Crippen molar-refractivity contribution >= 4 is 17.6 Å². The zero-order valence-corrected chi connectivity index (χ0v) is 12.3. The van der Waals surface area contributed by atoms with Gasteiger partial charge < -0.3 is 9.84 Å². The van der Waals surface area contributed by atoms with Gasteiger partial charge in [0.05, 0.1) is 10.9 Å². The van der Waals surface area contributed by atoms with Gasteiger partial charge in [-0.15, -0.1) is 6.58 Å². The summed E-state index contributed by atoms with van der Waals surface area (Å²) in [6.45, 7) is 6.32. The van der Waals surface area contributed by atoms with Gasteiger partial charge in [-0.25, -0.2) is 0 Å². The second-order valence-corrected chi connectivity index (χ2v) is 6.03. The second kappa shape index (κ2) is 4.70. The van der Waals surface area contributed by atoms with Crippen molar-refractivity contribution in [2.24, 2.45) is 16.7 Å². The quantitative estimate of drug-likeness (QED) is 0.827. The number of rotatable bonds is 5. The molecule has 6 heteroatoms. The summed E-state index contributed by atoms with van der Waals surface area (Å²) in [7, 11) is 0. The van der Waals surface area contributed by atoms with E-state index in [1.54, 1.807) is 6.07 Å². The lowest BCUT2D eigenvalue weighted by molar-refractivity contribution is -0.204. The number of carbonyl (C=O) groups is 1. The molecule has 1 aromatic carbocycles. The van der Waals surface area contributed by atoms with Crippen molar-refractivity contribution < 1.29 is 23.4 Å². The molecule has 1 fully saturated rings. The van der Waals surface area contributed by atoms with E-state index in [9.17, 15) is 18.7 Å². The third-order valence-corrected chi connectivity index (χ3v) is 4.57. The maximum absolute atomic E-state index is 14.4. The Morgan fingerprint density at radius 3 is 2.48 bits per heavy atom. The van der Waals surface area contributed by atoms with E-state index in [0.717, 1.165) is 6.08 Å². The molecule has 2 rings (SSSR count). The summed E-state index contributed by atoms with van der Waals surface area (Å²) in [5.74, 6) is -3.05. The molecule has 0 amide bonds. The molecule has 1 N–H and O–H groups in total. The Balaban J connectivity index is 2.35. The first-order chi connectivity index (χ1) is 9.61. The van der Waals surface area contributed by atoms with E-state index in [1.165, 1.54) is 32.0 Å². The molecule has 1 aliphatic rings. The van der Waals surface area contributed by atoms with Gasteiger partial charge >= 0.3 is 12.1 Å². The Bertz CT molecular complexity index is 600. The van der Waals surface area contributed by atoms with Gasteiger partial charge in [0.25, 0.3) is 0 Å². The Morgan fingerprint density at radius 2 is 2.05 bits per heavy atom. The van der Waals surface area contributed by atoms with Crippen molar-refractivity contribution in [1.29, 1.82) is 0 Å². The fraction of sp³-hybridized carbons (Fsp3) is 0.400. The van der Waals surface area contributed by atoms with Gasteiger partial charge in [-0.05, 0) is 17.5 Å². The number of hydrogen-bond acceptors (Lipinski definition) is 2. The van der Waals surface area contributed by atoms with Gasteiger partial charge in [0.1, 0.15) is 11.2 Å². The Morgan fingerprint density at radius 1 is 1.48 bits per heavy atom. The third-order valence-electron chi connectivity index (χ3n) is 4.25. The molecule has 0 aromatic heterocycles. The number of hydrogen-bond donors (Lipinski definition) is 1. The smallest absolute Gasteiger partial charge is 0.402 e. The van der Waals surface area contributed by atoms with Crippen LogP contribution in [0.15, 0.2) is 36.9 Å². The van der Waals surface area contributed by atoms with Gasteiger partial charge in [0.15, 0.2) is 0 Å². The minimum absolute atomic E-state index is 0.0372. The average Bonchev–Trinajstić information content (AvgIpc) is 2.91. The van der Waals surface area contributed by atoms with Crippen molar-refractivity contribution in [3.8, 4) is 5.75 Å². The zero-order chi connectivity index (χ0) is 16.1. The number of alkyl halides is 2. The van der Waals surface area contributed by atoms with Crippen LogP contribution < -0.4 is 4.74 Å². The van der Waals surface area contributed by atoms with Crippen LogP contribution in [-0.2, 0) is 4.79 Å². The maximum Gasteiger partial charge on any atom is 0.402 e. The second-order valence-electron chi connectivity index (χ2n) is 5.63. The van der Waals surface area contributed by atoms with E-state index < -0.39 is 28.8 Å². The van der Waals surface area contributed by atoms with E-state index in [4.69, 9.17) is 16.3 Å². The topological polar surface area (TPSA) is 46.5 Å². The predicted octanol–water partition coefficient (Wildman–Crippen LogP) is 4.22. The molecule has 1 aromatic rings. The van der Waals surface area contributed by atoms with Crippen LogP contribution in [-0.4, -0.2) is 17.2 Å². The highest BCUT2D eigenvalue weighted by molar-refractivity contribution is 6.32. The third kappa shape index (κ3) is 2.11. The van der Waals surface area contributed by atoms with Crippen LogP contribution in [0.25, 0.3) is 0 Å². The van der Waals surface area contributed by atoms with E-state index in [1.807, 2.05) is 0 Å². The summed E-state index contributed by atoms with van der Waals surface area (Å²) in [5, 5.41) is 9.34. The normalized spacial score (nSPS) is 27.0. The molecule has 2 atom stereocenters. The first-order valence-corrected chi connectivity index (χ1v) is 6.67. The number of aliphatic carboxylic acids is 1. The lowest BCUT2D eigenvalue weighted by atomic mass is 9.96. The molecule has 1 aliphatic carbocycles. The molecule has 0 bridgehead atoms. The van der Waals surface area contributed by atoms with Crippen molar-refractivity contribution in [1.82, 2.24) is 0 Å². The molecular weight excluding hydrogens is 302 g/mol. The fourth-order valence-electron chi connectivity index (χ4n) is 3.08. The highest BCUT2D eigenvalue weighted by Crippen LogP contribution is 2.74. The first-order valence-electron chi connectivity index (χ1n) is 6.29. The van der Waals surface area contributed by atoms with E-state index in [2.05, 4.69) is 6.58 Å². The number of para-hydroxylation sites is 1. The maximum atomic E-state index is 14.4. The van der Waals surface area contributed by atoms with Crippen LogP contribution in [0.2, 0.25) is 5.02 Å². The predicted molar refractivity (Wildman–Crippen MR) is 74.6 cm³/mol. The molecule has 0 heterocycles. The van der Waals surface area contributed by atoms with Crippen LogP contribution in [0.5, 0.6) is 5.75 Å². The fourth-order valence-corrected chi connectivity index (χ4v) is 3.26. The summed E-state index contributed by atoms with van der Waals surface area (Å²) in [6.07, 6.45) is -2.62. The number of ether oxygens (including phenoxy) is 1. The van der Waals surface area contributed by atoms with E-state index >= 15 is 0 Å². The summed E-state index contributed by atoms with van der Waals surface area (Å²) < 4.78 is 33.6. The molecule has 0 spiro atoms. The largest absolute Gasteiger partial charge is 0.481 e. The van der Waals surface area contributed by atoms with Gasteiger partial charge in [-0.3, -0.25) is 4.79 Å². The number of halogens is 3. The molecule has 21 heavy (non-hydrogen) atoms. The summed E-state index contributed by atoms with van der Waals surface area (Å²) in [6, 6.07) is 5.82. The SMILES string of the molecule is C=CC1(C(=O)O)C(C(F)(F)Oc2ccccc2Cl)C1(C)C. The first kappa shape index (κ1) is 15.8. The van der Waals surface area contributed by atoms with Crippen LogP contribution in [0.1, 0.15) is 13.8 Å². The summed E-state index contributed by atoms with van der Waals surface area (Å²) in [4.78, 5) is 11.4. The Hall–Kier alpha value is -1.62. The minimum atomic E-state index is -3.68. The minimum Gasteiger partial charge on any atom is -0.481 e. The summed E-state index contributed by atoms with van der Waals surface area (Å²) >= 11 is 5.80. The standard InChI is InChI=1S/C15H15ClF2O3/c1-4-14(12(19)20)11(13(14,2)3)15(17,18)21-10-8-6-5-7-9(10)16/h4-8,11H,1H2,2-3H3,(H,19,20). The molecule has 2 unspecified atom stereocenters. The number of benzene rings is 1. The monoisotopic (exact) mass is 316 g/mol. The number of carboxylic acid groups (broad SMARTS) is 1. The average molecular weight is 317 g/mol. The van der Waals surface area contributed by atoms with Crippen molar-refractivity contribution in [3.63, 3.8) is 0 Å². The molecular formula is C15H15ClF2O3. The van der Waals surface area contributed by atoms with Gasteiger partial charge in [0.2, 0.25) is 0 Å². The molecule has 0 radical (unpaired) electrons. The molecule has 1 saturated carbocycles. The van der Waals surface area contributed by atoms with Crippen molar-refractivity contribution in [3.05, 3.63) is 41.9 Å². The summed E-state index contributed by atoms with van der Waals surface area (Å²) in [5.41, 5.74) is -2.90. The van der Waals surface area contributed by atoms with Gasteiger partial charge in [0, 0.05) is 0 Å². The molecule has 0 aliphatic heterocycles. The van der Waals surface area contributed by atoms with Gasteiger partial charge in [-0.2, -0.15) is 8.78 Å². The Labute approximate surface area is 126 Å². The highest BCUT2D eigenvalue weighted by atomic mass is 35.5. The van der Waals surface area contributed by atoms with Gasteiger partial charge in [-0.1, -0.05) is 43.7 Å². The van der Waals surface area contributed by atoms with Crippen molar-refractivity contribution in [2.75, 3.05) is 0 Å². The number of carboxylic acids is 1. The van der Waals surface area contributed by atoms with E-state index in [-0.39, 0.29) is 10.8 Å². The molecule has 3 nitrogen and oxygen atoms in total.